The first-order valence-electron chi connectivity index (χ1n) is 4.84. The van der Waals surface area contributed by atoms with Crippen LogP contribution in [0.1, 0.15) is 33.2 Å². The van der Waals surface area contributed by atoms with E-state index in [4.69, 9.17) is 0 Å². The van der Waals surface area contributed by atoms with Crippen molar-refractivity contribution in [2.75, 3.05) is 7.11 Å². The zero-order valence-corrected chi connectivity index (χ0v) is 11.0. The number of carbonyl (C=O) groups is 2. The normalized spacial score (nSPS) is 12.0. The second-order valence-corrected chi connectivity index (χ2v) is 4.88. The highest BCUT2D eigenvalue weighted by Crippen LogP contribution is 2.15. The van der Waals surface area contributed by atoms with Gasteiger partial charge in [0.1, 0.15) is 0 Å². The van der Waals surface area contributed by atoms with Crippen molar-refractivity contribution < 1.29 is 14.3 Å². The molecule has 0 saturated heterocycles. The van der Waals surface area contributed by atoms with Crippen LogP contribution in [-0.2, 0) is 4.74 Å². The molecular formula is C12H13BrO3. The average molecular weight is 285 g/mol. The van der Waals surface area contributed by atoms with Gasteiger partial charge in [-0.2, -0.15) is 0 Å². The molecule has 0 aliphatic carbocycles. The zero-order chi connectivity index (χ0) is 12.3. The first kappa shape index (κ1) is 12.9. The summed E-state index contributed by atoms with van der Waals surface area (Å²) in [4.78, 5) is 22.8. The van der Waals surface area contributed by atoms with E-state index in [0.717, 1.165) is 5.56 Å². The number of Topliss-reactive ketones (excluding diaryl/α,β-unsaturated/α-hetero) is 1. The van der Waals surface area contributed by atoms with Crippen molar-refractivity contribution >= 4 is 27.7 Å². The Kier molecular flexibility index (Phi) is 4.24. The summed E-state index contributed by atoms with van der Waals surface area (Å²) in [7, 11) is 1.33. The Morgan fingerprint density at radius 1 is 1.38 bits per heavy atom. The predicted molar refractivity (Wildman–Crippen MR) is 65.2 cm³/mol. The van der Waals surface area contributed by atoms with Gasteiger partial charge in [0.25, 0.3) is 0 Å². The summed E-state index contributed by atoms with van der Waals surface area (Å²) < 4.78 is 4.63. The Morgan fingerprint density at radius 3 is 2.44 bits per heavy atom. The highest BCUT2D eigenvalue weighted by atomic mass is 79.9. The van der Waals surface area contributed by atoms with Gasteiger partial charge in [0, 0.05) is 5.56 Å². The van der Waals surface area contributed by atoms with Crippen LogP contribution in [0.15, 0.2) is 18.2 Å². The van der Waals surface area contributed by atoms with Gasteiger partial charge in [0.05, 0.1) is 17.5 Å². The van der Waals surface area contributed by atoms with E-state index in [1.807, 2.05) is 0 Å². The highest BCUT2D eigenvalue weighted by molar-refractivity contribution is 9.10. The summed E-state index contributed by atoms with van der Waals surface area (Å²) in [6.45, 7) is 3.55. The molecule has 1 atom stereocenters. The largest absolute Gasteiger partial charge is 0.465 e. The van der Waals surface area contributed by atoms with Crippen LogP contribution in [-0.4, -0.2) is 23.7 Å². The fourth-order valence-electron chi connectivity index (χ4n) is 1.39. The van der Waals surface area contributed by atoms with Crippen LogP contribution >= 0.6 is 15.9 Å². The van der Waals surface area contributed by atoms with E-state index in [1.54, 1.807) is 32.0 Å². The van der Waals surface area contributed by atoms with Gasteiger partial charge >= 0.3 is 5.97 Å². The van der Waals surface area contributed by atoms with Crippen molar-refractivity contribution in [1.29, 1.82) is 0 Å². The lowest BCUT2D eigenvalue weighted by molar-refractivity contribution is 0.0599. The summed E-state index contributed by atoms with van der Waals surface area (Å²) in [5.74, 6) is -0.386. The van der Waals surface area contributed by atoms with Crippen molar-refractivity contribution in [1.82, 2.24) is 0 Å². The van der Waals surface area contributed by atoms with Gasteiger partial charge in [-0.05, 0) is 31.5 Å². The number of methoxy groups -OCH3 is 1. The SMILES string of the molecule is COC(=O)c1ccc(C(=O)C(C)Br)cc1C. The molecule has 0 saturated carbocycles. The van der Waals surface area contributed by atoms with E-state index >= 15 is 0 Å². The van der Waals surface area contributed by atoms with E-state index in [1.165, 1.54) is 7.11 Å². The molecule has 1 rings (SSSR count). The second kappa shape index (κ2) is 5.25. The molecule has 0 aromatic heterocycles. The molecule has 0 bridgehead atoms. The van der Waals surface area contributed by atoms with Crippen LogP contribution in [0.2, 0.25) is 0 Å². The van der Waals surface area contributed by atoms with Gasteiger partial charge in [0.15, 0.2) is 5.78 Å². The summed E-state index contributed by atoms with van der Waals surface area (Å²) >= 11 is 3.22. The number of hydrogen-bond acceptors (Lipinski definition) is 3. The number of esters is 1. The maximum atomic E-state index is 11.7. The van der Waals surface area contributed by atoms with E-state index in [9.17, 15) is 9.59 Å². The minimum atomic E-state index is -0.386. The molecule has 3 nitrogen and oxygen atoms in total. The third-order valence-corrected chi connectivity index (χ3v) is 2.69. The van der Waals surface area contributed by atoms with Gasteiger partial charge in [-0.25, -0.2) is 4.79 Å². The molecule has 16 heavy (non-hydrogen) atoms. The Labute approximate surface area is 103 Å². The van der Waals surface area contributed by atoms with Crippen molar-refractivity contribution in [3.05, 3.63) is 34.9 Å². The number of carbonyl (C=O) groups excluding carboxylic acids is 2. The predicted octanol–water partition coefficient (Wildman–Crippen LogP) is 2.75. The quantitative estimate of drug-likeness (QED) is 0.487. The summed E-state index contributed by atoms with van der Waals surface area (Å²) in [5.41, 5.74) is 1.82. The van der Waals surface area contributed by atoms with Crippen LogP contribution < -0.4 is 0 Å². The number of halogens is 1. The molecule has 1 aromatic carbocycles. The third kappa shape index (κ3) is 2.70. The standard InChI is InChI=1S/C12H13BrO3/c1-7-6-9(11(14)8(2)13)4-5-10(7)12(15)16-3/h4-6,8H,1-3H3. The van der Waals surface area contributed by atoms with Gasteiger partial charge < -0.3 is 4.74 Å². The number of ketones is 1. The number of alkyl halides is 1. The number of benzene rings is 1. The molecule has 0 N–H and O–H groups in total. The Hall–Kier alpha value is -1.16. The molecule has 0 heterocycles. The van der Waals surface area contributed by atoms with Gasteiger partial charge in [-0.15, -0.1) is 0 Å². The van der Waals surface area contributed by atoms with Crippen LogP contribution in [0.25, 0.3) is 0 Å². The monoisotopic (exact) mass is 284 g/mol. The lowest BCUT2D eigenvalue weighted by Gasteiger charge is -2.07. The summed E-state index contributed by atoms with van der Waals surface area (Å²) in [6.07, 6.45) is 0. The Morgan fingerprint density at radius 2 is 2.00 bits per heavy atom. The molecule has 0 fully saturated rings. The fraction of sp³-hybridized carbons (Fsp3) is 0.333. The highest BCUT2D eigenvalue weighted by Gasteiger charge is 2.15. The number of hydrogen-bond donors (Lipinski definition) is 0. The Bertz CT molecular complexity index is 424. The molecule has 0 aliphatic heterocycles. The number of ether oxygens (including phenoxy) is 1. The minimum absolute atomic E-state index is 0.000448. The molecule has 0 spiro atoms. The molecule has 1 aromatic rings. The van der Waals surface area contributed by atoms with E-state index in [2.05, 4.69) is 20.7 Å². The molecule has 4 heteroatoms. The molecule has 1 unspecified atom stereocenters. The summed E-state index contributed by atoms with van der Waals surface area (Å²) in [6, 6.07) is 4.95. The van der Waals surface area contributed by atoms with E-state index in [-0.39, 0.29) is 16.6 Å². The van der Waals surface area contributed by atoms with Crippen LogP contribution in [0, 0.1) is 6.92 Å². The number of rotatable bonds is 3. The van der Waals surface area contributed by atoms with Gasteiger partial charge in [0.2, 0.25) is 0 Å². The first-order valence-corrected chi connectivity index (χ1v) is 5.76. The van der Waals surface area contributed by atoms with Gasteiger partial charge in [-0.1, -0.05) is 22.0 Å². The van der Waals surface area contributed by atoms with Crippen LogP contribution in [0.5, 0.6) is 0 Å². The fourth-order valence-corrected chi connectivity index (χ4v) is 1.65. The Balaban J connectivity index is 3.09. The smallest absolute Gasteiger partial charge is 0.338 e. The third-order valence-electron chi connectivity index (χ3n) is 2.28. The van der Waals surface area contributed by atoms with Crippen molar-refractivity contribution in [3.8, 4) is 0 Å². The minimum Gasteiger partial charge on any atom is -0.465 e. The van der Waals surface area contributed by atoms with Crippen LogP contribution in [0.4, 0.5) is 0 Å². The topological polar surface area (TPSA) is 43.4 Å². The maximum Gasteiger partial charge on any atom is 0.338 e. The molecule has 0 aliphatic rings. The molecular weight excluding hydrogens is 272 g/mol. The van der Waals surface area contributed by atoms with Crippen molar-refractivity contribution in [2.24, 2.45) is 0 Å². The van der Waals surface area contributed by atoms with Crippen molar-refractivity contribution in [3.63, 3.8) is 0 Å². The maximum absolute atomic E-state index is 11.7. The lowest BCUT2D eigenvalue weighted by Crippen LogP contribution is -2.11. The second-order valence-electron chi connectivity index (χ2n) is 3.50. The summed E-state index contributed by atoms with van der Waals surface area (Å²) in [5, 5.41) is 0. The molecule has 0 amide bonds. The van der Waals surface area contributed by atoms with E-state index < -0.39 is 0 Å². The van der Waals surface area contributed by atoms with E-state index in [0.29, 0.717) is 11.1 Å². The van der Waals surface area contributed by atoms with Crippen LogP contribution in [0.3, 0.4) is 0 Å². The average Bonchev–Trinajstić information content (AvgIpc) is 2.26. The number of aryl methyl sites for hydroxylation is 1. The van der Waals surface area contributed by atoms with Crippen molar-refractivity contribution in [2.45, 2.75) is 18.7 Å². The molecule has 0 radical (unpaired) electrons. The lowest BCUT2D eigenvalue weighted by atomic mass is 10.0. The molecule has 86 valence electrons. The first-order chi connectivity index (χ1) is 7.47. The zero-order valence-electron chi connectivity index (χ0n) is 9.41. The van der Waals surface area contributed by atoms with Gasteiger partial charge in [-0.3, -0.25) is 4.79 Å².